The minimum atomic E-state index is -3.58. The van der Waals surface area contributed by atoms with Gasteiger partial charge in [0, 0.05) is 18.8 Å². The molecule has 0 bridgehead atoms. The lowest BCUT2D eigenvalue weighted by molar-refractivity contribution is -0.118. The van der Waals surface area contributed by atoms with Crippen LogP contribution in [0.3, 0.4) is 0 Å². The van der Waals surface area contributed by atoms with Crippen molar-refractivity contribution in [2.75, 3.05) is 18.4 Å². The lowest BCUT2D eigenvalue weighted by Crippen LogP contribution is -2.40. The first-order chi connectivity index (χ1) is 11.2. The maximum Gasteiger partial charge on any atom is 0.243 e. The predicted molar refractivity (Wildman–Crippen MR) is 97.3 cm³/mol. The summed E-state index contributed by atoms with van der Waals surface area (Å²) in [5.74, 6) is -0.256. The van der Waals surface area contributed by atoms with Crippen LogP contribution >= 0.6 is 0 Å². The number of carbonyl (C=O) groups is 1. The molecule has 1 rings (SSSR count). The molecule has 1 aromatic rings. The van der Waals surface area contributed by atoms with Crippen molar-refractivity contribution in [2.45, 2.75) is 52.0 Å². The quantitative estimate of drug-likeness (QED) is 0.748. The molecule has 3 N–H and O–H groups in total. The number of carbonyl (C=O) groups excluding carboxylic acids is 1. The number of amides is 1. The van der Waals surface area contributed by atoms with Crippen LogP contribution in [0.5, 0.6) is 0 Å². The zero-order valence-corrected chi connectivity index (χ0v) is 16.0. The van der Waals surface area contributed by atoms with Crippen LogP contribution in [0.1, 0.15) is 39.7 Å². The van der Waals surface area contributed by atoms with Crippen LogP contribution in [-0.4, -0.2) is 37.8 Å². The van der Waals surface area contributed by atoms with Crippen molar-refractivity contribution in [3.8, 4) is 0 Å². The van der Waals surface area contributed by atoms with E-state index < -0.39 is 16.1 Å². The molecule has 0 fully saturated rings. The summed E-state index contributed by atoms with van der Waals surface area (Å²) in [5.41, 5.74) is 7.01. The minimum absolute atomic E-state index is 0.0503. The van der Waals surface area contributed by atoms with Gasteiger partial charge in [-0.15, -0.1) is 0 Å². The molecule has 2 unspecified atom stereocenters. The van der Waals surface area contributed by atoms with Crippen LogP contribution < -0.4 is 11.1 Å². The molecular formula is C17H29N3O3S. The van der Waals surface area contributed by atoms with Gasteiger partial charge in [0.2, 0.25) is 15.9 Å². The number of nitrogens with one attached hydrogen (secondary N) is 1. The zero-order chi connectivity index (χ0) is 18.5. The highest BCUT2D eigenvalue weighted by molar-refractivity contribution is 7.89. The molecular weight excluding hydrogens is 326 g/mol. The number of benzene rings is 1. The Balaban J connectivity index is 3.13. The van der Waals surface area contributed by atoms with E-state index in [1.54, 1.807) is 32.9 Å². The minimum Gasteiger partial charge on any atom is -0.325 e. The molecule has 0 saturated carbocycles. The average molecular weight is 356 g/mol. The van der Waals surface area contributed by atoms with E-state index in [4.69, 9.17) is 5.73 Å². The van der Waals surface area contributed by atoms with E-state index in [2.05, 4.69) is 5.32 Å². The van der Waals surface area contributed by atoms with Gasteiger partial charge in [-0.3, -0.25) is 4.79 Å². The van der Waals surface area contributed by atoms with E-state index in [-0.39, 0.29) is 16.7 Å². The Morgan fingerprint density at radius 1 is 1.25 bits per heavy atom. The molecule has 6 nitrogen and oxygen atoms in total. The van der Waals surface area contributed by atoms with Crippen LogP contribution in [0.15, 0.2) is 23.1 Å². The second-order valence-electron chi connectivity index (χ2n) is 5.97. The summed E-state index contributed by atoms with van der Waals surface area (Å²) in [6.07, 6.45) is 0.796. The summed E-state index contributed by atoms with van der Waals surface area (Å²) in [7, 11) is -3.58. The third-order valence-corrected chi connectivity index (χ3v) is 6.53. The van der Waals surface area contributed by atoms with Crippen LogP contribution in [0.4, 0.5) is 5.69 Å². The number of nitrogens with zero attached hydrogens (tertiary/aromatic N) is 1. The Morgan fingerprint density at radius 3 is 2.33 bits per heavy atom. The van der Waals surface area contributed by atoms with E-state index in [0.29, 0.717) is 24.3 Å². The third kappa shape index (κ3) is 4.55. The van der Waals surface area contributed by atoms with E-state index in [1.807, 2.05) is 13.8 Å². The van der Waals surface area contributed by atoms with Crippen LogP contribution in [0.2, 0.25) is 0 Å². The van der Waals surface area contributed by atoms with E-state index in [1.165, 1.54) is 10.4 Å². The second-order valence-corrected chi connectivity index (χ2v) is 7.88. The van der Waals surface area contributed by atoms with E-state index in [0.717, 1.165) is 6.42 Å². The second kappa shape index (κ2) is 8.60. The Morgan fingerprint density at radius 2 is 1.83 bits per heavy atom. The fraction of sp³-hybridized carbons (Fsp3) is 0.588. The summed E-state index contributed by atoms with van der Waals surface area (Å²) >= 11 is 0. The molecule has 0 saturated heterocycles. The van der Waals surface area contributed by atoms with Crippen molar-refractivity contribution in [1.29, 1.82) is 0 Å². The molecule has 0 heterocycles. The normalized spacial score (nSPS) is 14.5. The number of sulfonamides is 1. The van der Waals surface area contributed by atoms with Crippen molar-refractivity contribution in [3.63, 3.8) is 0 Å². The Hall–Kier alpha value is -1.44. The molecule has 0 spiro atoms. The van der Waals surface area contributed by atoms with Crippen LogP contribution in [-0.2, 0) is 14.8 Å². The molecule has 0 aliphatic rings. The van der Waals surface area contributed by atoms with Gasteiger partial charge in [0.25, 0.3) is 0 Å². The van der Waals surface area contributed by atoms with Crippen LogP contribution in [0, 0.1) is 12.8 Å². The Labute approximate surface area is 145 Å². The molecule has 0 aliphatic carbocycles. The maximum absolute atomic E-state index is 12.7. The maximum atomic E-state index is 12.7. The highest BCUT2D eigenvalue weighted by atomic mass is 32.2. The molecule has 7 heteroatoms. The van der Waals surface area contributed by atoms with E-state index >= 15 is 0 Å². The van der Waals surface area contributed by atoms with Gasteiger partial charge < -0.3 is 11.1 Å². The van der Waals surface area contributed by atoms with Crippen molar-refractivity contribution in [2.24, 2.45) is 11.7 Å². The fourth-order valence-electron chi connectivity index (χ4n) is 2.40. The monoisotopic (exact) mass is 355 g/mol. The molecule has 2 atom stereocenters. The first-order valence-corrected chi connectivity index (χ1v) is 9.80. The van der Waals surface area contributed by atoms with Gasteiger partial charge in [-0.05, 0) is 30.5 Å². The molecule has 136 valence electrons. The first-order valence-electron chi connectivity index (χ1n) is 8.36. The summed E-state index contributed by atoms with van der Waals surface area (Å²) in [5, 5.41) is 2.72. The Bertz CT molecular complexity index is 670. The van der Waals surface area contributed by atoms with Crippen molar-refractivity contribution < 1.29 is 13.2 Å². The lowest BCUT2D eigenvalue weighted by atomic mass is 9.99. The van der Waals surface area contributed by atoms with Crippen molar-refractivity contribution >= 4 is 21.6 Å². The first kappa shape index (κ1) is 20.6. The molecule has 0 aliphatic heterocycles. The highest BCUT2D eigenvalue weighted by Gasteiger charge is 2.25. The zero-order valence-electron chi connectivity index (χ0n) is 15.2. The predicted octanol–water partition coefficient (Wildman–Crippen LogP) is 2.34. The number of rotatable bonds is 8. The third-order valence-electron chi connectivity index (χ3n) is 4.34. The molecule has 1 amide bonds. The topological polar surface area (TPSA) is 92.5 Å². The van der Waals surface area contributed by atoms with Gasteiger partial charge >= 0.3 is 0 Å². The number of aryl methyl sites for hydroxylation is 1. The average Bonchev–Trinajstić information content (AvgIpc) is 2.55. The number of anilines is 1. The summed E-state index contributed by atoms with van der Waals surface area (Å²) < 4.78 is 26.9. The number of hydrogen-bond donors (Lipinski definition) is 2. The van der Waals surface area contributed by atoms with Gasteiger partial charge in [0.05, 0.1) is 10.9 Å². The Kier molecular flexibility index (Phi) is 7.38. The molecule has 1 aromatic carbocycles. The number of nitrogens with two attached hydrogens (primary N) is 1. The fourth-order valence-corrected chi connectivity index (χ4v) is 4.11. The smallest absolute Gasteiger partial charge is 0.243 e. The standard InChI is InChI=1S/C17H29N3O3S/c1-6-12(4)16(18)17(21)19-14-10-9-13(5)15(11-14)24(22,23)20(7-2)8-3/h9-12,16H,6-8,18H2,1-5H3,(H,19,21). The lowest BCUT2D eigenvalue weighted by Gasteiger charge is -2.21. The van der Waals surface area contributed by atoms with Gasteiger partial charge in [-0.2, -0.15) is 4.31 Å². The van der Waals surface area contributed by atoms with Crippen LogP contribution in [0.25, 0.3) is 0 Å². The molecule has 0 aromatic heterocycles. The van der Waals surface area contributed by atoms with Crippen molar-refractivity contribution in [3.05, 3.63) is 23.8 Å². The number of hydrogen-bond acceptors (Lipinski definition) is 4. The molecule has 24 heavy (non-hydrogen) atoms. The highest BCUT2D eigenvalue weighted by Crippen LogP contribution is 2.24. The summed E-state index contributed by atoms with van der Waals surface area (Å²) in [6, 6.07) is 4.27. The van der Waals surface area contributed by atoms with E-state index in [9.17, 15) is 13.2 Å². The van der Waals surface area contributed by atoms with Crippen molar-refractivity contribution in [1.82, 2.24) is 4.31 Å². The van der Waals surface area contributed by atoms with Gasteiger partial charge in [0.15, 0.2) is 0 Å². The largest absolute Gasteiger partial charge is 0.325 e. The van der Waals surface area contributed by atoms with Gasteiger partial charge in [0.1, 0.15) is 0 Å². The summed E-state index contributed by atoms with van der Waals surface area (Å²) in [6.45, 7) is 10.0. The van der Waals surface area contributed by atoms with Gasteiger partial charge in [-0.25, -0.2) is 8.42 Å². The van der Waals surface area contributed by atoms with Gasteiger partial charge in [-0.1, -0.05) is 40.2 Å². The SMILES string of the molecule is CCC(C)C(N)C(=O)Nc1ccc(C)c(S(=O)(=O)N(CC)CC)c1. The summed E-state index contributed by atoms with van der Waals surface area (Å²) in [4.78, 5) is 12.4. The molecule has 0 radical (unpaired) electrons.